The fraction of sp³-hybridized carbons (Fsp3) is 0.235. The minimum Gasteiger partial charge on any atom is -0.496 e. The molecule has 0 atom stereocenters. The molecule has 0 bridgehead atoms. The molecule has 0 radical (unpaired) electrons. The topological polar surface area (TPSA) is 88.4 Å². The summed E-state index contributed by atoms with van der Waals surface area (Å²) < 4.78 is 10.9. The Bertz CT molecular complexity index is 870. The van der Waals surface area contributed by atoms with E-state index in [1.165, 1.54) is 7.11 Å². The number of thiophene rings is 1. The van der Waals surface area contributed by atoms with Crippen molar-refractivity contribution in [3.8, 4) is 11.8 Å². The summed E-state index contributed by atoms with van der Waals surface area (Å²) in [4.78, 5) is 24.9. The van der Waals surface area contributed by atoms with Crippen molar-refractivity contribution in [1.29, 1.82) is 5.26 Å². The highest BCUT2D eigenvalue weighted by atomic mass is 79.9. The molecule has 0 fully saturated rings. The Morgan fingerprint density at radius 1 is 1.40 bits per heavy atom. The van der Waals surface area contributed by atoms with Gasteiger partial charge in [0.25, 0.3) is 5.91 Å². The predicted molar refractivity (Wildman–Crippen MR) is 98.4 cm³/mol. The fourth-order valence-electron chi connectivity index (χ4n) is 2.16. The van der Waals surface area contributed by atoms with Crippen LogP contribution in [0.5, 0.6) is 5.75 Å². The summed E-state index contributed by atoms with van der Waals surface area (Å²) >= 11 is 4.33. The lowest BCUT2D eigenvalue weighted by Gasteiger charge is -2.09. The molecule has 2 rings (SSSR count). The van der Waals surface area contributed by atoms with Crippen LogP contribution in [0.15, 0.2) is 22.7 Å². The standard InChI is InChI=1S/C17H15BrN2O4S/c1-4-24-17(22)14-9(2)12(8-19)16(25-14)20-15(21)11-7-10(18)5-6-13(11)23-3/h5-7H,4H2,1-3H3,(H,20,21). The van der Waals surface area contributed by atoms with E-state index in [0.29, 0.717) is 31.2 Å². The minimum absolute atomic E-state index is 0.231. The maximum atomic E-state index is 12.6. The second kappa shape index (κ2) is 8.14. The molecule has 0 spiro atoms. The molecule has 0 saturated carbocycles. The molecule has 0 aliphatic rings. The number of rotatable bonds is 5. The maximum absolute atomic E-state index is 12.6. The lowest BCUT2D eigenvalue weighted by atomic mass is 10.1. The van der Waals surface area contributed by atoms with E-state index in [2.05, 4.69) is 21.2 Å². The Morgan fingerprint density at radius 2 is 2.12 bits per heavy atom. The van der Waals surface area contributed by atoms with Crippen LogP contribution >= 0.6 is 27.3 Å². The van der Waals surface area contributed by atoms with Crippen molar-refractivity contribution in [2.24, 2.45) is 0 Å². The summed E-state index contributed by atoms with van der Waals surface area (Å²) in [5.74, 6) is -0.550. The van der Waals surface area contributed by atoms with Crippen LogP contribution in [-0.2, 0) is 4.74 Å². The molecule has 2 aromatic rings. The smallest absolute Gasteiger partial charge is 0.348 e. The van der Waals surface area contributed by atoms with E-state index in [9.17, 15) is 14.9 Å². The van der Waals surface area contributed by atoms with E-state index in [1.54, 1.807) is 32.0 Å². The van der Waals surface area contributed by atoms with Crippen LogP contribution in [0.4, 0.5) is 5.00 Å². The van der Waals surface area contributed by atoms with Gasteiger partial charge < -0.3 is 14.8 Å². The largest absolute Gasteiger partial charge is 0.496 e. The lowest BCUT2D eigenvalue weighted by Crippen LogP contribution is -2.13. The molecule has 0 aliphatic heterocycles. The van der Waals surface area contributed by atoms with E-state index < -0.39 is 11.9 Å². The number of nitriles is 1. The number of nitrogens with zero attached hydrogens (tertiary/aromatic N) is 1. The molecule has 1 heterocycles. The molecule has 25 heavy (non-hydrogen) atoms. The Kier molecular flexibility index (Phi) is 6.17. The number of anilines is 1. The summed E-state index contributed by atoms with van der Waals surface area (Å²) in [5, 5.41) is 12.4. The number of ether oxygens (including phenoxy) is 2. The number of methoxy groups -OCH3 is 1. The Hall–Kier alpha value is -2.37. The summed E-state index contributed by atoms with van der Waals surface area (Å²) in [7, 11) is 1.47. The SMILES string of the molecule is CCOC(=O)c1sc(NC(=O)c2cc(Br)ccc2OC)c(C#N)c1C. The van der Waals surface area contributed by atoms with Crippen LogP contribution in [-0.4, -0.2) is 25.6 Å². The molecule has 130 valence electrons. The maximum Gasteiger partial charge on any atom is 0.348 e. The number of nitrogens with one attached hydrogen (secondary N) is 1. The molecule has 0 saturated heterocycles. The van der Waals surface area contributed by atoms with Crippen molar-refractivity contribution in [2.45, 2.75) is 13.8 Å². The van der Waals surface area contributed by atoms with E-state index in [1.807, 2.05) is 6.07 Å². The van der Waals surface area contributed by atoms with E-state index in [-0.39, 0.29) is 12.2 Å². The van der Waals surface area contributed by atoms with Gasteiger partial charge in [0.2, 0.25) is 0 Å². The first-order valence-electron chi connectivity index (χ1n) is 7.28. The van der Waals surface area contributed by atoms with Gasteiger partial charge in [-0.05, 0) is 37.6 Å². The molecule has 1 N–H and O–H groups in total. The summed E-state index contributed by atoms with van der Waals surface area (Å²) in [6.45, 7) is 3.58. The number of carbonyl (C=O) groups is 2. The average Bonchev–Trinajstić information content (AvgIpc) is 2.90. The van der Waals surface area contributed by atoms with Gasteiger partial charge in [-0.25, -0.2) is 4.79 Å². The molecule has 1 amide bonds. The molecule has 1 aromatic heterocycles. The normalized spacial score (nSPS) is 10.0. The van der Waals surface area contributed by atoms with Gasteiger partial charge in [0, 0.05) is 4.47 Å². The first-order chi connectivity index (χ1) is 11.9. The number of benzene rings is 1. The van der Waals surface area contributed by atoms with Crippen molar-refractivity contribution < 1.29 is 19.1 Å². The van der Waals surface area contributed by atoms with Gasteiger partial charge in [0.15, 0.2) is 0 Å². The third-order valence-electron chi connectivity index (χ3n) is 3.35. The van der Waals surface area contributed by atoms with Crippen LogP contribution in [0.2, 0.25) is 0 Å². The highest BCUT2D eigenvalue weighted by Gasteiger charge is 2.23. The number of carbonyl (C=O) groups excluding carboxylic acids is 2. The summed E-state index contributed by atoms with van der Waals surface area (Å²) in [6.07, 6.45) is 0. The first kappa shape index (κ1) is 19.0. The molecular formula is C17H15BrN2O4S. The van der Waals surface area contributed by atoms with Crippen LogP contribution in [0.25, 0.3) is 0 Å². The molecular weight excluding hydrogens is 408 g/mol. The zero-order chi connectivity index (χ0) is 18.6. The lowest BCUT2D eigenvalue weighted by molar-refractivity contribution is 0.0531. The van der Waals surface area contributed by atoms with Gasteiger partial charge in [0.05, 0.1) is 24.8 Å². The zero-order valence-corrected chi connectivity index (χ0v) is 16.2. The highest BCUT2D eigenvalue weighted by Crippen LogP contribution is 2.34. The van der Waals surface area contributed by atoms with Gasteiger partial charge in [-0.1, -0.05) is 15.9 Å². The van der Waals surface area contributed by atoms with Gasteiger partial charge in [-0.15, -0.1) is 11.3 Å². The third-order valence-corrected chi connectivity index (χ3v) is 5.03. The van der Waals surface area contributed by atoms with E-state index >= 15 is 0 Å². The fourth-order valence-corrected chi connectivity index (χ4v) is 3.56. The molecule has 0 unspecified atom stereocenters. The number of hydrogen-bond donors (Lipinski definition) is 1. The van der Waals surface area contributed by atoms with Crippen LogP contribution in [0.3, 0.4) is 0 Å². The van der Waals surface area contributed by atoms with Crippen LogP contribution in [0, 0.1) is 18.3 Å². The van der Waals surface area contributed by atoms with Gasteiger partial charge in [-0.2, -0.15) is 5.26 Å². The van der Waals surface area contributed by atoms with E-state index in [0.717, 1.165) is 11.3 Å². The molecule has 8 heteroatoms. The van der Waals surface area contributed by atoms with Crippen LogP contribution in [0.1, 0.15) is 38.1 Å². The Morgan fingerprint density at radius 3 is 2.72 bits per heavy atom. The van der Waals surface area contributed by atoms with Crippen molar-refractivity contribution in [3.63, 3.8) is 0 Å². The third kappa shape index (κ3) is 4.00. The second-order valence-corrected chi connectivity index (χ2v) is 6.83. The number of esters is 1. The van der Waals surface area contributed by atoms with Gasteiger partial charge >= 0.3 is 5.97 Å². The zero-order valence-electron chi connectivity index (χ0n) is 13.8. The quantitative estimate of drug-likeness (QED) is 0.731. The van der Waals surface area contributed by atoms with E-state index in [4.69, 9.17) is 9.47 Å². The molecule has 6 nitrogen and oxygen atoms in total. The number of hydrogen-bond acceptors (Lipinski definition) is 6. The molecule has 1 aromatic carbocycles. The van der Waals surface area contributed by atoms with Crippen molar-refractivity contribution in [2.75, 3.05) is 19.0 Å². The highest BCUT2D eigenvalue weighted by molar-refractivity contribution is 9.10. The number of amides is 1. The second-order valence-electron chi connectivity index (χ2n) is 4.89. The van der Waals surface area contributed by atoms with Crippen molar-refractivity contribution in [3.05, 3.63) is 44.2 Å². The molecule has 0 aliphatic carbocycles. The first-order valence-corrected chi connectivity index (χ1v) is 8.89. The Labute approximate surface area is 157 Å². The predicted octanol–water partition coefficient (Wildman–Crippen LogP) is 4.13. The van der Waals surface area contributed by atoms with Crippen LogP contribution < -0.4 is 10.1 Å². The minimum atomic E-state index is -0.512. The van der Waals surface area contributed by atoms with Crippen molar-refractivity contribution in [1.82, 2.24) is 0 Å². The summed E-state index contributed by atoms with van der Waals surface area (Å²) in [5.41, 5.74) is 1.04. The number of halogens is 1. The average molecular weight is 423 g/mol. The monoisotopic (exact) mass is 422 g/mol. The van der Waals surface area contributed by atoms with Gasteiger partial charge in [0.1, 0.15) is 21.7 Å². The van der Waals surface area contributed by atoms with Crippen molar-refractivity contribution >= 4 is 44.1 Å². The van der Waals surface area contributed by atoms with Gasteiger partial charge in [-0.3, -0.25) is 4.79 Å². The summed E-state index contributed by atoms with van der Waals surface area (Å²) in [6, 6.07) is 7.06. The Balaban J connectivity index is 2.39.